The van der Waals surface area contributed by atoms with Crippen LogP contribution in [0.15, 0.2) is 41.0 Å². The van der Waals surface area contributed by atoms with Crippen LogP contribution in [0, 0.1) is 5.92 Å². The van der Waals surface area contributed by atoms with Crippen LogP contribution in [0.25, 0.3) is 0 Å². The second kappa shape index (κ2) is 12.3. The zero-order chi connectivity index (χ0) is 23.6. The van der Waals surface area contributed by atoms with Crippen molar-refractivity contribution < 1.29 is 28.2 Å². The van der Waals surface area contributed by atoms with Crippen LogP contribution in [0.5, 0.6) is 11.5 Å². The first-order valence-corrected chi connectivity index (χ1v) is 11.3. The quantitative estimate of drug-likeness (QED) is 0.405. The first-order valence-electron chi connectivity index (χ1n) is 11.3. The van der Waals surface area contributed by atoms with Crippen LogP contribution < -0.4 is 9.47 Å². The van der Waals surface area contributed by atoms with E-state index in [4.69, 9.17) is 18.6 Å². The Hall–Kier alpha value is -3.00. The first kappa shape index (κ1) is 24.6. The fraction of sp³-hybridized carbons (Fsp3) is 0.520. The molecule has 1 fully saturated rings. The molecule has 0 radical (unpaired) electrons. The van der Waals surface area contributed by atoms with Crippen molar-refractivity contribution in [3.05, 3.63) is 47.9 Å². The van der Waals surface area contributed by atoms with Crippen LogP contribution in [0.3, 0.4) is 0 Å². The summed E-state index contributed by atoms with van der Waals surface area (Å²) in [6, 6.07) is 9.40. The maximum atomic E-state index is 13.3. The van der Waals surface area contributed by atoms with Gasteiger partial charge in [-0.2, -0.15) is 0 Å². The van der Waals surface area contributed by atoms with Gasteiger partial charge in [0.15, 0.2) is 11.5 Å². The van der Waals surface area contributed by atoms with E-state index in [0.29, 0.717) is 56.3 Å². The summed E-state index contributed by atoms with van der Waals surface area (Å²) in [5, 5.41) is 0. The zero-order valence-corrected chi connectivity index (χ0v) is 19.7. The molecule has 3 rings (SSSR count). The van der Waals surface area contributed by atoms with Crippen LogP contribution in [0.1, 0.15) is 30.6 Å². The van der Waals surface area contributed by atoms with Crippen LogP contribution >= 0.6 is 0 Å². The van der Waals surface area contributed by atoms with Gasteiger partial charge in [-0.15, -0.1) is 0 Å². The number of carbonyl (C=O) groups is 2. The normalized spacial score (nSPS) is 12.9. The minimum Gasteiger partial charge on any atom is -0.493 e. The Morgan fingerprint density at radius 2 is 1.82 bits per heavy atom. The molecule has 180 valence electrons. The molecule has 0 atom stereocenters. The molecule has 1 aromatic heterocycles. The van der Waals surface area contributed by atoms with E-state index in [0.717, 1.165) is 18.4 Å². The van der Waals surface area contributed by atoms with Crippen molar-refractivity contribution in [2.75, 3.05) is 47.6 Å². The molecule has 0 unspecified atom stereocenters. The van der Waals surface area contributed by atoms with Crippen molar-refractivity contribution in [1.29, 1.82) is 0 Å². The topological polar surface area (TPSA) is 81.5 Å². The molecule has 1 aliphatic rings. The molecule has 33 heavy (non-hydrogen) atoms. The lowest BCUT2D eigenvalue weighted by Crippen LogP contribution is -2.44. The summed E-state index contributed by atoms with van der Waals surface area (Å²) in [6.07, 6.45) is 4.74. The number of rotatable bonds is 14. The van der Waals surface area contributed by atoms with E-state index in [1.54, 1.807) is 43.5 Å². The number of carbonyl (C=O) groups excluding carboxylic acids is 2. The predicted octanol–water partition coefficient (Wildman–Crippen LogP) is 3.14. The summed E-state index contributed by atoms with van der Waals surface area (Å²) in [4.78, 5) is 29.5. The fourth-order valence-electron chi connectivity index (χ4n) is 3.70. The molecule has 1 aromatic carbocycles. The lowest BCUT2D eigenvalue weighted by Gasteiger charge is -2.27. The molecular weight excluding hydrogens is 424 g/mol. The van der Waals surface area contributed by atoms with Crippen molar-refractivity contribution in [3.63, 3.8) is 0 Å². The Balaban J connectivity index is 1.69. The fourth-order valence-corrected chi connectivity index (χ4v) is 3.70. The number of benzene rings is 1. The van der Waals surface area contributed by atoms with Gasteiger partial charge in [0, 0.05) is 32.7 Å². The second-order valence-corrected chi connectivity index (χ2v) is 8.21. The molecule has 0 spiro atoms. The molecular formula is C25H34N2O6. The molecule has 1 aliphatic carbocycles. The Morgan fingerprint density at radius 1 is 1.03 bits per heavy atom. The average molecular weight is 459 g/mol. The molecule has 2 aromatic rings. The number of hydrogen-bond acceptors (Lipinski definition) is 6. The zero-order valence-electron chi connectivity index (χ0n) is 19.7. The summed E-state index contributed by atoms with van der Waals surface area (Å²) in [7, 11) is 4.84. The Labute approximate surface area is 195 Å². The molecule has 1 saturated carbocycles. The van der Waals surface area contributed by atoms with Crippen molar-refractivity contribution >= 4 is 11.8 Å². The van der Waals surface area contributed by atoms with Gasteiger partial charge in [0.05, 0.1) is 33.6 Å². The number of ether oxygens (including phenoxy) is 3. The van der Waals surface area contributed by atoms with Crippen molar-refractivity contribution in [1.82, 2.24) is 9.80 Å². The maximum Gasteiger partial charge on any atom is 0.242 e. The van der Waals surface area contributed by atoms with Gasteiger partial charge in [0.25, 0.3) is 0 Å². The molecule has 2 amide bonds. The van der Waals surface area contributed by atoms with Crippen LogP contribution in [0.2, 0.25) is 0 Å². The van der Waals surface area contributed by atoms with E-state index in [9.17, 15) is 9.59 Å². The Kier molecular flexibility index (Phi) is 9.18. The molecule has 0 aliphatic heterocycles. The highest BCUT2D eigenvalue weighted by molar-refractivity contribution is 5.87. The van der Waals surface area contributed by atoms with Gasteiger partial charge in [-0.05, 0) is 55.5 Å². The van der Waals surface area contributed by atoms with Gasteiger partial charge >= 0.3 is 0 Å². The van der Waals surface area contributed by atoms with Crippen molar-refractivity contribution in [2.45, 2.75) is 32.2 Å². The standard InChI is InChI=1S/C25H34N2O6/c1-30-14-5-12-27(25(29)20-8-9-20)18-24(28)26(17-21-6-4-15-33-21)13-11-19-7-10-22(31-2)23(16-19)32-3/h4,6-7,10,15-16,20H,5,8-9,11-14,17-18H2,1-3H3. The Morgan fingerprint density at radius 3 is 2.45 bits per heavy atom. The van der Waals surface area contributed by atoms with Crippen molar-refractivity contribution in [3.8, 4) is 11.5 Å². The number of furan rings is 1. The average Bonchev–Trinajstić information content (AvgIpc) is 3.56. The van der Waals surface area contributed by atoms with E-state index < -0.39 is 0 Å². The number of hydrogen-bond donors (Lipinski definition) is 0. The predicted molar refractivity (Wildman–Crippen MR) is 123 cm³/mol. The van der Waals surface area contributed by atoms with Gasteiger partial charge < -0.3 is 28.4 Å². The van der Waals surface area contributed by atoms with E-state index in [1.807, 2.05) is 24.3 Å². The molecule has 0 N–H and O–H groups in total. The van der Waals surface area contributed by atoms with E-state index in [2.05, 4.69) is 0 Å². The molecule has 1 heterocycles. The monoisotopic (exact) mass is 458 g/mol. The molecule has 0 saturated heterocycles. The van der Waals surface area contributed by atoms with Crippen LogP contribution in [-0.2, 0) is 27.3 Å². The third-order valence-electron chi connectivity index (χ3n) is 5.74. The lowest BCUT2D eigenvalue weighted by molar-refractivity contribution is -0.141. The van der Waals surface area contributed by atoms with E-state index in [-0.39, 0.29) is 24.3 Å². The SMILES string of the molecule is COCCCN(CC(=O)N(CCc1ccc(OC)c(OC)c1)Cc1ccco1)C(=O)C1CC1. The smallest absolute Gasteiger partial charge is 0.242 e. The van der Waals surface area contributed by atoms with Gasteiger partial charge in [0.2, 0.25) is 11.8 Å². The minimum absolute atomic E-state index is 0.0608. The number of amides is 2. The number of nitrogens with zero attached hydrogens (tertiary/aromatic N) is 2. The highest BCUT2D eigenvalue weighted by Gasteiger charge is 2.34. The summed E-state index contributed by atoms with van der Waals surface area (Å²) in [5.74, 6) is 2.05. The van der Waals surface area contributed by atoms with Gasteiger partial charge in [-0.3, -0.25) is 9.59 Å². The number of methoxy groups -OCH3 is 3. The second-order valence-electron chi connectivity index (χ2n) is 8.21. The third-order valence-corrected chi connectivity index (χ3v) is 5.74. The van der Waals surface area contributed by atoms with Crippen LogP contribution in [-0.4, -0.2) is 69.2 Å². The summed E-state index contributed by atoms with van der Waals surface area (Å²) >= 11 is 0. The van der Waals surface area contributed by atoms with Crippen molar-refractivity contribution in [2.24, 2.45) is 5.92 Å². The van der Waals surface area contributed by atoms with E-state index in [1.165, 1.54) is 0 Å². The highest BCUT2D eigenvalue weighted by Crippen LogP contribution is 2.31. The summed E-state index contributed by atoms with van der Waals surface area (Å²) in [5.41, 5.74) is 1.02. The maximum absolute atomic E-state index is 13.3. The van der Waals surface area contributed by atoms with E-state index >= 15 is 0 Å². The molecule has 0 bridgehead atoms. The van der Waals surface area contributed by atoms with Gasteiger partial charge in [-0.25, -0.2) is 0 Å². The molecule has 8 heteroatoms. The molecule has 8 nitrogen and oxygen atoms in total. The summed E-state index contributed by atoms with van der Waals surface area (Å²) < 4.78 is 21.3. The Bertz CT molecular complexity index is 894. The third kappa shape index (κ3) is 7.25. The minimum atomic E-state index is -0.0988. The highest BCUT2D eigenvalue weighted by atomic mass is 16.5. The lowest BCUT2D eigenvalue weighted by atomic mass is 10.1. The largest absolute Gasteiger partial charge is 0.493 e. The first-order chi connectivity index (χ1) is 16.0. The van der Waals surface area contributed by atoms with Gasteiger partial charge in [0.1, 0.15) is 5.76 Å². The van der Waals surface area contributed by atoms with Crippen LogP contribution in [0.4, 0.5) is 0 Å². The van der Waals surface area contributed by atoms with Gasteiger partial charge in [-0.1, -0.05) is 6.07 Å². The summed E-state index contributed by atoms with van der Waals surface area (Å²) in [6.45, 7) is 1.96.